The third-order valence-electron chi connectivity index (χ3n) is 5.58. The first kappa shape index (κ1) is 19.7. The van der Waals surface area contributed by atoms with Crippen molar-refractivity contribution >= 4 is 11.6 Å². The normalized spacial score (nSPS) is 12.5. The molecule has 2 heterocycles. The van der Waals surface area contributed by atoms with E-state index in [9.17, 15) is 14.9 Å². The Morgan fingerprint density at radius 3 is 2.53 bits per heavy atom. The molecule has 0 atom stereocenters. The highest BCUT2D eigenvalue weighted by atomic mass is 16.6. The van der Waals surface area contributed by atoms with Crippen LogP contribution in [0.15, 0.2) is 66.9 Å². The lowest BCUT2D eigenvalue weighted by Gasteiger charge is -2.05. The summed E-state index contributed by atoms with van der Waals surface area (Å²) >= 11 is 0. The van der Waals surface area contributed by atoms with Gasteiger partial charge in [0.1, 0.15) is 0 Å². The lowest BCUT2D eigenvalue weighted by Crippen LogP contribution is -2.24. The highest BCUT2D eigenvalue weighted by molar-refractivity contribution is 5.92. The summed E-state index contributed by atoms with van der Waals surface area (Å²) in [4.78, 5) is 23.0. The number of carbonyl (C=O) groups is 1. The molecular weight excluding hydrogens is 408 g/mol. The summed E-state index contributed by atoms with van der Waals surface area (Å²) in [6.45, 7) is 0.325. The van der Waals surface area contributed by atoms with Crippen LogP contribution in [-0.2, 0) is 19.4 Å². The Morgan fingerprint density at radius 1 is 1.00 bits per heavy atom. The number of nitrogens with one attached hydrogen (secondary N) is 1. The summed E-state index contributed by atoms with van der Waals surface area (Å²) in [6.07, 6.45) is 4.67. The van der Waals surface area contributed by atoms with Crippen molar-refractivity contribution in [3.05, 3.63) is 99.6 Å². The number of amides is 1. The van der Waals surface area contributed by atoms with E-state index >= 15 is 0 Å². The predicted octanol–water partition coefficient (Wildman–Crippen LogP) is 3.38. The topological polar surface area (TPSA) is 108 Å². The summed E-state index contributed by atoms with van der Waals surface area (Å²) in [7, 11) is 0. The Hall–Kier alpha value is -4.27. The third-order valence-corrected chi connectivity index (χ3v) is 5.58. The van der Waals surface area contributed by atoms with Crippen molar-refractivity contribution < 1.29 is 9.72 Å². The molecule has 5 rings (SSSR count). The third kappa shape index (κ3) is 3.64. The fourth-order valence-corrected chi connectivity index (χ4v) is 4.01. The van der Waals surface area contributed by atoms with Crippen molar-refractivity contribution in [1.82, 2.24) is 24.9 Å². The first-order chi connectivity index (χ1) is 15.6. The number of nitro groups is 1. The van der Waals surface area contributed by atoms with Gasteiger partial charge in [-0.15, -0.1) is 0 Å². The van der Waals surface area contributed by atoms with E-state index in [1.807, 2.05) is 35.0 Å². The maximum absolute atomic E-state index is 12.7. The first-order valence-corrected chi connectivity index (χ1v) is 10.3. The molecule has 0 spiro atoms. The number of carbonyl (C=O) groups excluding carboxylic acids is 1. The zero-order valence-corrected chi connectivity index (χ0v) is 17.1. The van der Waals surface area contributed by atoms with Gasteiger partial charge < -0.3 is 5.32 Å². The molecule has 0 bridgehead atoms. The predicted molar refractivity (Wildman–Crippen MR) is 117 cm³/mol. The Morgan fingerprint density at radius 2 is 1.78 bits per heavy atom. The van der Waals surface area contributed by atoms with Crippen LogP contribution in [0.2, 0.25) is 0 Å². The number of aromatic nitrogens is 4. The molecule has 1 amide bonds. The van der Waals surface area contributed by atoms with Crippen LogP contribution in [0.3, 0.4) is 0 Å². The second kappa shape index (κ2) is 8.10. The van der Waals surface area contributed by atoms with Gasteiger partial charge in [-0.05, 0) is 55.2 Å². The van der Waals surface area contributed by atoms with E-state index < -0.39 is 4.92 Å². The molecular formula is C23H20N6O3. The van der Waals surface area contributed by atoms with Gasteiger partial charge in [0.25, 0.3) is 11.6 Å². The molecule has 0 saturated heterocycles. The molecule has 2 aromatic heterocycles. The quantitative estimate of drug-likeness (QED) is 0.374. The standard InChI is InChI=1S/C23H20N6O3/c30-23(20-13-14-27(25-20)16-9-11-18(12-10-16)29(31)32)24-15-21-19-7-4-8-22(19)28(26-21)17-5-2-1-3-6-17/h1-3,5-6,9-14H,4,7-8,15H2,(H,24,30). The van der Waals surface area contributed by atoms with Gasteiger partial charge in [0.05, 0.1) is 28.5 Å². The fourth-order valence-electron chi connectivity index (χ4n) is 4.01. The lowest BCUT2D eigenvalue weighted by atomic mass is 10.2. The average Bonchev–Trinajstić information content (AvgIpc) is 3.55. The number of para-hydroxylation sites is 1. The molecule has 1 N–H and O–H groups in total. The SMILES string of the molecule is O=C(NCc1nn(-c2ccccc2)c2c1CCC2)c1ccn(-c2ccc([N+](=O)[O-])cc2)n1. The molecule has 0 aliphatic heterocycles. The maximum atomic E-state index is 12.7. The molecule has 2 aromatic carbocycles. The van der Waals surface area contributed by atoms with E-state index in [1.165, 1.54) is 28.1 Å². The number of non-ortho nitro benzene ring substituents is 1. The Kier molecular flexibility index (Phi) is 4.98. The monoisotopic (exact) mass is 428 g/mol. The van der Waals surface area contributed by atoms with Gasteiger partial charge in [-0.25, -0.2) is 9.36 Å². The van der Waals surface area contributed by atoms with Gasteiger partial charge in [-0.2, -0.15) is 10.2 Å². The molecule has 0 radical (unpaired) electrons. The second-order valence-corrected chi connectivity index (χ2v) is 7.57. The minimum absolute atomic E-state index is 0.00124. The van der Waals surface area contributed by atoms with Gasteiger partial charge in [0.2, 0.25) is 0 Å². The van der Waals surface area contributed by atoms with E-state index in [4.69, 9.17) is 5.10 Å². The highest BCUT2D eigenvalue weighted by Crippen LogP contribution is 2.27. The average molecular weight is 428 g/mol. The summed E-state index contributed by atoms with van der Waals surface area (Å²) < 4.78 is 3.49. The number of nitro benzene ring substituents is 1. The van der Waals surface area contributed by atoms with E-state index in [0.717, 1.165) is 30.6 Å². The van der Waals surface area contributed by atoms with Crippen molar-refractivity contribution in [2.75, 3.05) is 0 Å². The molecule has 0 saturated carbocycles. The van der Waals surface area contributed by atoms with E-state index in [2.05, 4.69) is 10.4 Å². The second-order valence-electron chi connectivity index (χ2n) is 7.57. The van der Waals surface area contributed by atoms with Crippen LogP contribution in [0.5, 0.6) is 0 Å². The number of nitrogens with zero attached hydrogens (tertiary/aromatic N) is 5. The minimum Gasteiger partial charge on any atom is -0.345 e. The van der Waals surface area contributed by atoms with Crippen molar-refractivity contribution in [2.24, 2.45) is 0 Å². The van der Waals surface area contributed by atoms with Crippen LogP contribution in [0.1, 0.15) is 33.9 Å². The van der Waals surface area contributed by atoms with Gasteiger partial charge in [-0.3, -0.25) is 14.9 Å². The van der Waals surface area contributed by atoms with Gasteiger partial charge in [0, 0.05) is 24.0 Å². The van der Waals surface area contributed by atoms with E-state index in [-0.39, 0.29) is 17.3 Å². The number of rotatable bonds is 6. The van der Waals surface area contributed by atoms with E-state index in [0.29, 0.717) is 12.2 Å². The zero-order valence-electron chi connectivity index (χ0n) is 17.1. The fraction of sp³-hybridized carbons (Fsp3) is 0.174. The highest BCUT2D eigenvalue weighted by Gasteiger charge is 2.23. The number of benzene rings is 2. The van der Waals surface area contributed by atoms with Crippen molar-refractivity contribution in [2.45, 2.75) is 25.8 Å². The molecule has 1 aliphatic carbocycles. The van der Waals surface area contributed by atoms with Crippen molar-refractivity contribution in [1.29, 1.82) is 0 Å². The molecule has 9 heteroatoms. The van der Waals surface area contributed by atoms with Gasteiger partial charge in [0.15, 0.2) is 5.69 Å². The van der Waals surface area contributed by atoms with E-state index in [1.54, 1.807) is 24.4 Å². The molecule has 9 nitrogen and oxygen atoms in total. The molecule has 160 valence electrons. The van der Waals surface area contributed by atoms with Crippen LogP contribution in [-0.4, -0.2) is 30.4 Å². The van der Waals surface area contributed by atoms with Gasteiger partial charge in [-0.1, -0.05) is 18.2 Å². The van der Waals surface area contributed by atoms with Crippen LogP contribution >= 0.6 is 0 Å². The van der Waals surface area contributed by atoms with Crippen LogP contribution in [0.4, 0.5) is 5.69 Å². The Bertz CT molecular complexity index is 1290. The molecule has 4 aromatic rings. The van der Waals surface area contributed by atoms with Crippen LogP contribution < -0.4 is 5.32 Å². The zero-order chi connectivity index (χ0) is 22.1. The smallest absolute Gasteiger partial charge is 0.272 e. The van der Waals surface area contributed by atoms with Crippen LogP contribution in [0.25, 0.3) is 11.4 Å². The first-order valence-electron chi connectivity index (χ1n) is 10.3. The summed E-state index contributed by atoms with van der Waals surface area (Å²) in [5.41, 5.74) is 5.22. The molecule has 1 aliphatic rings. The number of hydrogen-bond donors (Lipinski definition) is 1. The van der Waals surface area contributed by atoms with Gasteiger partial charge >= 0.3 is 0 Å². The number of fused-ring (bicyclic) bond motifs is 1. The Balaban J connectivity index is 1.30. The molecule has 0 unspecified atom stereocenters. The van der Waals surface area contributed by atoms with Crippen LogP contribution in [0, 0.1) is 10.1 Å². The summed E-state index contributed by atoms with van der Waals surface area (Å²) in [5, 5.41) is 22.8. The summed E-state index contributed by atoms with van der Waals surface area (Å²) in [6, 6.07) is 17.6. The Labute approximate surface area is 183 Å². The number of hydrogen-bond acceptors (Lipinski definition) is 5. The van der Waals surface area contributed by atoms with Crippen molar-refractivity contribution in [3.63, 3.8) is 0 Å². The molecule has 0 fully saturated rings. The lowest BCUT2D eigenvalue weighted by molar-refractivity contribution is -0.384. The van der Waals surface area contributed by atoms with Crippen molar-refractivity contribution in [3.8, 4) is 11.4 Å². The minimum atomic E-state index is -0.457. The molecule has 32 heavy (non-hydrogen) atoms. The maximum Gasteiger partial charge on any atom is 0.272 e. The summed E-state index contributed by atoms with van der Waals surface area (Å²) in [5.74, 6) is -0.299. The largest absolute Gasteiger partial charge is 0.345 e.